The Balaban J connectivity index is 2.16. The highest BCUT2D eigenvalue weighted by atomic mass is 35.5. The van der Waals surface area contributed by atoms with Gasteiger partial charge in [-0.05, 0) is 43.7 Å². The maximum atomic E-state index is 11.4. The van der Waals surface area contributed by atoms with Crippen LogP contribution in [0.5, 0.6) is 11.5 Å². The molecule has 1 N–H and O–H groups in total. The van der Waals surface area contributed by atoms with E-state index in [2.05, 4.69) is 5.32 Å². The molecule has 2 rings (SSSR count). The molecule has 0 unspecified atom stereocenters. The van der Waals surface area contributed by atoms with Crippen molar-refractivity contribution in [2.45, 2.75) is 20.3 Å². The lowest BCUT2D eigenvalue weighted by Crippen LogP contribution is -2.09. The third-order valence-corrected chi connectivity index (χ3v) is 3.30. The zero-order valence-electron chi connectivity index (χ0n) is 12.3. The predicted octanol–water partition coefficient (Wildman–Crippen LogP) is 4.60. The van der Waals surface area contributed by atoms with E-state index in [9.17, 15) is 4.79 Å². The zero-order valence-corrected chi connectivity index (χ0v) is 13.1. The number of carbonyl (C=O) groups excluding carboxylic acids is 1. The van der Waals surface area contributed by atoms with Crippen LogP contribution in [0.2, 0.25) is 5.02 Å². The van der Waals surface area contributed by atoms with Gasteiger partial charge < -0.3 is 10.1 Å². The number of nitrogens with zero attached hydrogens (tertiary/aromatic N) is 1. The van der Waals surface area contributed by atoms with Crippen LogP contribution in [-0.2, 0) is 4.79 Å². The molecular formula is C17H15ClN2O2. The average molecular weight is 315 g/mol. The van der Waals surface area contributed by atoms with Gasteiger partial charge in [0.2, 0.25) is 5.91 Å². The van der Waals surface area contributed by atoms with Crippen molar-refractivity contribution >= 4 is 23.2 Å². The van der Waals surface area contributed by atoms with E-state index in [0.29, 0.717) is 16.5 Å². The van der Waals surface area contributed by atoms with Gasteiger partial charge in [0.05, 0.1) is 11.1 Å². The Labute approximate surface area is 134 Å². The molecule has 0 heterocycles. The number of aryl methyl sites for hydroxylation is 2. The topological polar surface area (TPSA) is 62.1 Å². The third kappa shape index (κ3) is 4.00. The number of halogens is 1. The van der Waals surface area contributed by atoms with E-state index >= 15 is 0 Å². The molecule has 112 valence electrons. The quantitative estimate of drug-likeness (QED) is 0.897. The number of benzene rings is 2. The van der Waals surface area contributed by atoms with Crippen molar-refractivity contribution in [3.63, 3.8) is 0 Å². The summed E-state index contributed by atoms with van der Waals surface area (Å²) in [7, 11) is 0. The van der Waals surface area contributed by atoms with Crippen LogP contribution in [0.1, 0.15) is 17.5 Å². The van der Waals surface area contributed by atoms with Crippen LogP contribution in [0.25, 0.3) is 0 Å². The Morgan fingerprint density at radius 2 is 1.95 bits per heavy atom. The summed E-state index contributed by atoms with van der Waals surface area (Å²) in [5.41, 5.74) is 2.70. The highest BCUT2D eigenvalue weighted by molar-refractivity contribution is 6.32. The normalized spacial score (nSPS) is 9.91. The van der Waals surface area contributed by atoms with Crippen molar-refractivity contribution in [2.24, 2.45) is 0 Å². The second-order valence-electron chi connectivity index (χ2n) is 4.90. The number of rotatable bonds is 4. The van der Waals surface area contributed by atoms with Gasteiger partial charge in [-0.25, -0.2) is 0 Å². The van der Waals surface area contributed by atoms with Crippen molar-refractivity contribution in [3.8, 4) is 17.6 Å². The van der Waals surface area contributed by atoms with E-state index in [0.717, 1.165) is 16.9 Å². The number of hydrogen-bond acceptors (Lipinski definition) is 3. The van der Waals surface area contributed by atoms with Crippen LogP contribution in [0.15, 0.2) is 36.4 Å². The summed E-state index contributed by atoms with van der Waals surface area (Å²) in [4.78, 5) is 11.4. The minimum absolute atomic E-state index is 0.196. The molecule has 1 amide bonds. The molecule has 0 aliphatic carbocycles. The summed E-state index contributed by atoms with van der Waals surface area (Å²) < 4.78 is 5.81. The van der Waals surface area contributed by atoms with Crippen LogP contribution in [0.3, 0.4) is 0 Å². The molecule has 0 radical (unpaired) electrons. The van der Waals surface area contributed by atoms with Gasteiger partial charge in [-0.3, -0.25) is 4.79 Å². The first-order valence-corrected chi connectivity index (χ1v) is 7.09. The lowest BCUT2D eigenvalue weighted by molar-refractivity contribution is -0.115. The van der Waals surface area contributed by atoms with E-state index < -0.39 is 0 Å². The highest BCUT2D eigenvalue weighted by Crippen LogP contribution is 2.33. The van der Waals surface area contributed by atoms with E-state index in [1.807, 2.05) is 32.0 Å². The van der Waals surface area contributed by atoms with Crippen LogP contribution in [0, 0.1) is 25.2 Å². The van der Waals surface area contributed by atoms with Gasteiger partial charge in [0.15, 0.2) is 0 Å². The zero-order chi connectivity index (χ0) is 16.1. The third-order valence-electron chi connectivity index (χ3n) is 3.01. The maximum Gasteiger partial charge on any atom is 0.238 e. The number of anilines is 1. The van der Waals surface area contributed by atoms with Gasteiger partial charge >= 0.3 is 0 Å². The minimum atomic E-state index is -0.374. The van der Waals surface area contributed by atoms with Crippen molar-refractivity contribution in [1.29, 1.82) is 5.26 Å². The molecule has 0 aromatic heterocycles. The van der Waals surface area contributed by atoms with E-state index in [1.165, 1.54) is 0 Å². The molecule has 0 bridgehead atoms. The van der Waals surface area contributed by atoms with Gasteiger partial charge in [0.1, 0.15) is 17.9 Å². The molecule has 0 fully saturated rings. The number of nitriles is 1. The Morgan fingerprint density at radius 1 is 1.23 bits per heavy atom. The summed E-state index contributed by atoms with van der Waals surface area (Å²) in [6, 6.07) is 12.6. The Bertz CT molecular complexity index is 751. The van der Waals surface area contributed by atoms with Crippen molar-refractivity contribution in [3.05, 3.63) is 52.5 Å². The van der Waals surface area contributed by atoms with Gasteiger partial charge in [0.25, 0.3) is 0 Å². The fourth-order valence-corrected chi connectivity index (χ4v) is 2.19. The largest absolute Gasteiger partial charge is 0.456 e. The summed E-state index contributed by atoms with van der Waals surface area (Å²) in [6.45, 7) is 3.98. The highest BCUT2D eigenvalue weighted by Gasteiger charge is 2.08. The molecule has 0 saturated heterocycles. The summed E-state index contributed by atoms with van der Waals surface area (Å²) in [6.07, 6.45) is -0.196. The van der Waals surface area contributed by atoms with Crippen molar-refractivity contribution in [1.82, 2.24) is 0 Å². The number of ether oxygens (including phenoxy) is 1. The Hall–Kier alpha value is -2.51. The fraction of sp³-hybridized carbons (Fsp3) is 0.176. The number of nitrogens with one attached hydrogen (secondary N) is 1. The summed E-state index contributed by atoms with van der Waals surface area (Å²) >= 11 is 6.18. The van der Waals surface area contributed by atoms with Crippen LogP contribution >= 0.6 is 11.6 Å². The van der Waals surface area contributed by atoms with Crippen molar-refractivity contribution < 1.29 is 9.53 Å². The van der Waals surface area contributed by atoms with Crippen LogP contribution < -0.4 is 10.1 Å². The van der Waals surface area contributed by atoms with Gasteiger partial charge in [0, 0.05) is 5.69 Å². The number of carbonyl (C=O) groups is 1. The molecule has 0 atom stereocenters. The summed E-state index contributed by atoms with van der Waals surface area (Å²) in [5, 5.41) is 11.4. The molecule has 0 aliphatic rings. The van der Waals surface area contributed by atoms with E-state index in [4.69, 9.17) is 21.6 Å². The summed E-state index contributed by atoms with van der Waals surface area (Å²) in [5.74, 6) is 0.863. The molecule has 4 nitrogen and oxygen atoms in total. The molecule has 0 aliphatic heterocycles. The smallest absolute Gasteiger partial charge is 0.238 e. The Kier molecular flexibility index (Phi) is 5.03. The first-order valence-electron chi connectivity index (χ1n) is 6.71. The monoisotopic (exact) mass is 314 g/mol. The fourth-order valence-electron chi connectivity index (χ4n) is 1.97. The second kappa shape index (κ2) is 6.97. The number of hydrogen-bond donors (Lipinski definition) is 1. The van der Waals surface area contributed by atoms with E-state index in [1.54, 1.807) is 24.3 Å². The first kappa shape index (κ1) is 15.9. The second-order valence-corrected chi connectivity index (χ2v) is 5.31. The SMILES string of the molecule is Cc1ccc(Oc2ccc(NC(=O)CC#N)cc2Cl)c(C)c1. The molecule has 2 aromatic carbocycles. The molecule has 0 spiro atoms. The molecule has 22 heavy (non-hydrogen) atoms. The van der Waals surface area contributed by atoms with E-state index in [-0.39, 0.29) is 12.3 Å². The number of amides is 1. The van der Waals surface area contributed by atoms with Gasteiger partial charge in [-0.1, -0.05) is 29.3 Å². The molecule has 5 heteroatoms. The van der Waals surface area contributed by atoms with Crippen LogP contribution in [-0.4, -0.2) is 5.91 Å². The van der Waals surface area contributed by atoms with Gasteiger partial charge in [-0.15, -0.1) is 0 Å². The molecule has 0 saturated carbocycles. The molecular weight excluding hydrogens is 300 g/mol. The lowest BCUT2D eigenvalue weighted by atomic mass is 10.1. The minimum Gasteiger partial charge on any atom is -0.456 e. The average Bonchev–Trinajstić information content (AvgIpc) is 2.44. The molecule has 2 aromatic rings. The first-order chi connectivity index (χ1) is 10.5. The van der Waals surface area contributed by atoms with Crippen molar-refractivity contribution in [2.75, 3.05) is 5.32 Å². The predicted molar refractivity (Wildman–Crippen MR) is 86.3 cm³/mol. The van der Waals surface area contributed by atoms with Crippen LogP contribution in [0.4, 0.5) is 5.69 Å². The van der Waals surface area contributed by atoms with Gasteiger partial charge in [-0.2, -0.15) is 5.26 Å². The Morgan fingerprint density at radius 3 is 2.59 bits per heavy atom. The standard InChI is InChI=1S/C17H15ClN2O2/c1-11-3-5-15(12(2)9-11)22-16-6-4-13(10-14(16)18)20-17(21)7-8-19/h3-6,9-10H,7H2,1-2H3,(H,20,21). The lowest BCUT2D eigenvalue weighted by Gasteiger charge is -2.12. The maximum absolute atomic E-state index is 11.4.